The van der Waals surface area contributed by atoms with Gasteiger partial charge in [0.15, 0.2) is 0 Å². The van der Waals surface area contributed by atoms with Crippen LogP contribution in [0, 0.1) is 12.7 Å². The quantitative estimate of drug-likeness (QED) is 0.865. The van der Waals surface area contributed by atoms with E-state index in [1.54, 1.807) is 13.8 Å². The molecule has 0 heterocycles. The second kappa shape index (κ2) is 6.29. The summed E-state index contributed by atoms with van der Waals surface area (Å²) in [6.07, 6.45) is 1.05. The smallest absolute Gasteiger partial charge is 0.150 e. The highest BCUT2D eigenvalue weighted by Crippen LogP contribution is 2.19. The largest absolute Gasteiger partial charge is 0.324 e. The normalized spacial score (nSPS) is 13.6. The van der Waals surface area contributed by atoms with E-state index < -0.39 is 9.84 Å². The third-order valence-electron chi connectivity index (χ3n) is 2.90. The molecule has 0 spiro atoms. The minimum atomic E-state index is -2.94. The summed E-state index contributed by atoms with van der Waals surface area (Å²) in [6, 6.07) is 4.37. The SMILES string of the molecule is CCS(=O)(=O)CCCC(N)c1cc(C)cc(F)c1. The lowest BCUT2D eigenvalue weighted by Crippen LogP contribution is -2.14. The number of halogens is 1. The minimum Gasteiger partial charge on any atom is -0.324 e. The van der Waals surface area contributed by atoms with Gasteiger partial charge < -0.3 is 5.73 Å². The lowest BCUT2D eigenvalue weighted by atomic mass is 10.0. The summed E-state index contributed by atoms with van der Waals surface area (Å²) in [6.45, 7) is 3.44. The van der Waals surface area contributed by atoms with Gasteiger partial charge in [0, 0.05) is 11.8 Å². The molecule has 0 amide bonds. The third kappa shape index (κ3) is 4.74. The standard InChI is InChI=1S/C13H20FNO2S/c1-3-18(16,17)6-4-5-13(15)11-7-10(2)8-12(14)9-11/h7-9,13H,3-6,15H2,1-2H3. The van der Waals surface area contributed by atoms with Gasteiger partial charge >= 0.3 is 0 Å². The van der Waals surface area contributed by atoms with Gasteiger partial charge in [-0.05, 0) is 43.0 Å². The topological polar surface area (TPSA) is 60.2 Å². The molecule has 1 unspecified atom stereocenters. The molecule has 0 aliphatic carbocycles. The van der Waals surface area contributed by atoms with Crippen molar-refractivity contribution < 1.29 is 12.8 Å². The average Bonchev–Trinajstić information content (AvgIpc) is 2.27. The van der Waals surface area contributed by atoms with Crippen LogP contribution >= 0.6 is 0 Å². The summed E-state index contributed by atoms with van der Waals surface area (Å²) in [4.78, 5) is 0. The number of hydrogen-bond acceptors (Lipinski definition) is 3. The van der Waals surface area contributed by atoms with Gasteiger partial charge in [-0.25, -0.2) is 12.8 Å². The first-order valence-electron chi connectivity index (χ1n) is 6.07. The fourth-order valence-electron chi connectivity index (χ4n) is 1.81. The molecule has 18 heavy (non-hydrogen) atoms. The van der Waals surface area contributed by atoms with Crippen LogP contribution in [0.3, 0.4) is 0 Å². The Hall–Kier alpha value is -0.940. The Morgan fingerprint density at radius 2 is 2.00 bits per heavy atom. The molecular formula is C13H20FNO2S. The van der Waals surface area contributed by atoms with Crippen LogP contribution in [-0.2, 0) is 9.84 Å². The lowest BCUT2D eigenvalue weighted by Gasteiger charge is -2.12. The predicted octanol–water partition coefficient (Wildman–Crippen LogP) is 2.35. The number of benzene rings is 1. The molecule has 3 nitrogen and oxygen atoms in total. The number of hydrogen-bond donors (Lipinski definition) is 1. The number of rotatable bonds is 6. The van der Waals surface area contributed by atoms with E-state index in [0.717, 1.165) is 11.1 Å². The highest BCUT2D eigenvalue weighted by atomic mass is 32.2. The van der Waals surface area contributed by atoms with Crippen LogP contribution in [0.25, 0.3) is 0 Å². The van der Waals surface area contributed by atoms with Crippen LogP contribution in [0.2, 0.25) is 0 Å². The Morgan fingerprint density at radius 1 is 1.33 bits per heavy atom. The van der Waals surface area contributed by atoms with Crippen molar-refractivity contribution in [3.63, 3.8) is 0 Å². The van der Waals surface area contributed by atoms with E-state index in [9.17, 15) is 12.8 Å². The molecule has 1 aromatic carbocycles. The molecule has 0 aromatic heterocycles. The predicted molar refractivity (Wildman–Crippen MR) is 71.6 cm³/mol. The van der Waals surface area contributed by atoms with Crippen molar-refractivity contribution in [1.82, 2.24) is 0 Å². The zero-order chi connectivity index (χ0) is 13.8. The maximum atomic E-state index is 13.2. The Bertz CT molecular complexity index is 479. The number of nitrogens with two attached hydrogens (primary N) is 1. The highest BCUT2D eigenvalue weighted by Gasteiger charge is 2.11. The van der Waals surface area contributed by atoms with Crippen molar-refractivity contribution in [2.24, 2.45) is 5.73 Å². The Kier molecular flexibility index (Phi) is 5.28. The average molecular weight is 273 g/mol. The maximum absolute atomic E-state index is 13.2. The molecule has 2 N–H and O–H groups in total. The second-order valence-corrected chi connectivity index (χ2v) is 7.02. The summed E-state index contributed by atoms with van der Waals surface area (Å²) < 4.78 is 35.9. The molecule has 1 aromatic rings. The van der Waals surface area contributed by atoms with E-state index in [0.29, 0.717) is 12.8 Å². The van der Waals surface area contributed by atoms with Crippen LogP contribution in [0.5, 0.6) is 0 Å². The van der Waals surface area contributed by atoms with E-state index in [1.807, 2.05) is 6.07 Å². The third-order valence-corrected chi connectivity index (χ3v) is 4.69. The fourth-order valence-corrected chi connectivity index (χ4v) is 2.71. The zero-order valence-corrected chi connectivity index (χ0v) is 11.6. The van der Waals surface area contributed by atoms with Crippen LogP contribution in [-0.4, -0.2) is 19.9 Å². The molecule has 0 aliphatic heterocycles. The molecule has 0 fully saturated rings. The minimum absolute atomic E-state index is 0.144. The molecule has 0 saturated heterocycles. The summed E-state index contributed by atoms with van der Waals surface area (Å²) in [5.41, 5.74) is 7.49. The van der Waals surface area contributed by atoms with Crippen molar-refractivity contribution in [1.29, 1.82) is 0 Å². The van der Waals surface area contributed by atoms with E-state index in [2.05, 4.69) is 0 Å². The van der Waals surface area contributed by atoms with Gasteiger partial charge in [-0.15, -0.1) is 0 Å². The summed E-state index contributed by atoms with van der Waals surface area (Å²) in [5, 5.41) is 0. The molecule has 0 saturated carbocycles. The zero-order valence-electron chi connectivity index (χ0n) is 10.8. The van der Waals surface area contributed by atoms with E-state index in [-0.39, 0.29) is 23.4 Å². The first kappa shape index (κ1) is 15.1. The number of aryl methyl sites for hydroxylation is 1. The molecule has 5 heteroatoms. The first-order valence-corrected chi connectivity index (χ1v) is 7.89. The van der Waals surface area contributed by atoms with Crippen molar-refractivity contribution in [2.45, 2.75) is 32.7 Å². The van der Waals surface area contributed by atoms with Crippen molar-refractivity contribution in [2.75, 3.05) is 11.5 Å². The van der Waals surface area contributed by atoms with Crippen LogP contribution in [0.4, 0.5) is 4.39 Å². The Balaban J connectivity index is 2.58. The summed E-state index contributed by atoms with van der Waals surface area (Å²) in [7, 11) is -2.94. The van der Waals surface area contributed by atoms with Crippen LogP contribution < -0.4 is 5.73 Å². The van der Waals surface area contributed by atoms with Crippen molar-refractivity contribution >= 4 is 9.84 Å². The molecular weight excluding hydrogens is 253 g/mol. The molecule has 0 radical (unpaired) electrons. The molecule has 1 rings (SSSR count). The van der Waals surface area contributed by atoms with Gasteiger partial charge in [0.05, 0.1) is 5.75 Å². The summed E-state index contributed by atoms with van der Waals surface area (Å²) in [5.74, 6) is -0.00562. The van der Waals surface area contributed by atoms with Gasteiger partial charge in [0.25, 0.3) is 0 Å². The maximum Gasteiger partial charge on any atom is 0.150 e. The Morgan fingerprint density at radius 3 is 2.56 bits per heavy atom. The van der Waals surface area contributed by atoms with Crippen LogP contribution in [0.15, 0.2) is 18.2 Å². The molecule has 0 aliphatic rings. The van der Waals surface area contributed by atoms with Crippen molar-refractivity contribution in [3.8, 4) is 0 Å². The highest BCUT2D eigenvalue weighted by molar-refractivity contribution is 7.91. The van der Waals surface area contributed by atoms with Crippen LogP contribution in [0.1, 0.15) is 36.9 Å². The van der Waals surface area contributed by atoms with Gasteiger partial charge in [-0.3, -0.25) is 0 Å². The lowest BCUT2D eigenvalue weighted by molar-refractivity contribution is 0.580. The van der Waals surface area contributed by atoms with E-state index in [1.165, 1.54) is 12.1 Å². The van der Waals surface area contributed by atoms with Gasteiger partial charge in [0.2, 0.25) is 0 Å². The fraction of sp³-hybridized carbons (Fsp3) is 0.538. The monoisotopic (exact) mass is 273 g/mol. The van der Waals surface area contributed by atoms with Gasteiger partial charge in [0.1, 0.15) is 15.7 Å². The number of sulfone groups is 1. The molecule has 102 valence electrons. The molecule has 1 atom stereocenters. The Labute approximate surface area is 108 Å². The second-order valence-electron chi connectivity index (χ2n) is 4.55. The van der Waals surface area contributed by atoms with Gasteiger partial charge in [-0.2, -0.15) is 0 Å². The van der Waals surface area contributed by atoms with Crippen molar-refractivity contribution in [3.05, 3.63) is 35.1 Å². The summed E-state index contributed by atoms with van der Waals surface area (Å²) >= 11 is 0. The first-order chi connectivity index (χ1) is 8.34. The van der Waals surface area contributed by atoms with E-state index in [4.69, 9.17) is 5.73 Å². The molecule has 0 bridgehead atoms. The van der Waals surface area contributed by atoms with Gasteiger partial charge in [-0.1, -0.05) is 13.0 Å². The van der Waals surface area contributed by atoms with E-state index >= 15 is 0 Å².